The molecule has 4 nitrogen and oxygen atoms in total. The van der Waals surface area contributed by atoms with Crippen LogP contribution in [-0.2, 0) is 11.2 Å². The van der Waals surface area contributed by atoms with E-state index in [-0.39, 0.29) is 5.91 Å². The number of rotatable bonds is 7. The van der Waals surface area contributed by atoms with Crippen molar-refractivity contribution < 1.29 is 4.79 Å². The number of unbranched alkanes of at least 4 members (excludes halogenated alkanes) is 1. The van der Waals surface area contributed by atoms with Gasteiger partial charge in [-0.1, -0.05) is 55.8 Å². The van der Waals surface area contributed by atoms with Crippen LogP contribution in [0.15, 0.2) is 73.1 Å². The third kappa shape index (κ3) is 4.35. The van der Waals surface area contributed by atoms with E-state index in [2.05, 4.69) is 29.5 Å². The van der Waals surface area contributed by atoms with Crippen LogP contribution in [0.4, 0.5) is 5.69 Å². The molecule has 0 spiro atoms. The molecule has 0 aliphatic rings. The maximum absolute atomic E-state index is 12.9. The third-order valence-corrected chi connectivity index (χ3v) is 4.19. The van der Waals surface area contributed by atoms with Gasteiger partial charge in [-0.2, -0.15) is 5.10 Å². The molecule has 0 unspecified atom stereocenters. The van der Waals surface area contributed by atoms with Crippen LogP contribution in [0, 0.1) is 0 Å². The van der Waals surface area contributed by atoms with Crippen LogP contribution < -0.4 is 5.32 Å². The average molecular weight is 333 g/mol. The molecular weight excluding hydrogens is 310 g/mol. The van der Waals surface area contributed by atoms with Crippen molar-refractivity contribution >= 4 is 11.6 Å². The molecule has 4 heteroatoms. The molecule has 0 bridgehead atoms. The van der Waals surface area contributed by atoms with Gasteiger partial charge in [-0.15, -0.1) is 0 Å². The lowest BCUT2D eigenvalue weighted by Gasteiger charge is -2.18. The summed E-state index contributed by atoms with van der Waals surface area (Å²) in [5, 5.41) is 7.27. The van der Waals surface area contributed by atoms with E-state index >= 15 is 0 Å². The Morgan fingerprint density at radius 1 is 1.08 bits per heavy atom. The van der Waals surface area contributed by atoms with Crippen molar-refractivity contribution in [2.75, 3.05) is 5.32 Å². The maximum Gasteiger partial charge on any atom is 0.253 e. The molecular formula is C21H23N3O. The molecule has 2 aromatic carbocycles. The summed E-state index contributed by atoms with van der Waals surface area (Å²) in [5.41, 5.74) is 3.01. The van der Waals surface area contributed by atoms with Crippen molar-refractivity contribution in [3.8, 4) is 0 Å². The summed E-state index contributed by atoms with van der Waals surface area (Å²) in [6.45, 7) is 2.19. The smallest absolute Gasteiger partial charge is 0.253 e. The summed E-state index contributed by atoms with van der Waals surface area (Å²) in [7, 11) is 0. The Kier molecular flexibility index (Phi) is 5.62. The Morgan fingerprint density at radius 2 is 1.84 bits per heavy atom. The highest BCUT2D eigenvalue weighted by atomic mass is 16.2. The van der Waals surface area contributed by atoms with E-state index in [1.165, 1.54) is 18.4 Å². The molecule has 1 atom stereocenters. The molecule has 0 fully saturated rings. The zero-order chi connectivity index (χ0) is 17.5. The number of carbonyl (C=O) groups is 1. The summed E-state index contributed by atoms with van der Waals surface area (Å²) in [6.07, 6.45) is 6.93. The summed E-state index contributed by atoms with van der Waals surface area (Å²) in [6, 6.07) is 19.1. The molecule has 25 heavy (non-hydrogen) atoms. The first kappa shape index (κ1) is 17.0. The second-order valence-corrected chi connectivity index (χ2v) is 6.09. The highest BCUT2D eigenvalue weighted by molar-refractivity contribution is 5.95. The first-order valence-corrected chi connectivity index (χ1v) is 8.72. The van der Waals surface area contributed by atoms with Gasteiger partial charge in [-0.05, 0) is 42.2 Å². The molecule has 0 radical (unpaired) electrons. The minimum atomic E-state index is -0.490. The van der Waals surface area contributed by atoms with Crippen LogP contribution in [0.5, 0.6) is 0 Å². The number of hydrogen-bond donors (Lipinski definition) is 1. The van der Waals surface area contributed by atoms with Crippen molar-refractivity contribution in [3.63, 3.8) is 0 Å². The van der Waals surface area contributed by atoms with Crippen molar-refractivity contribution in [2.24, 2.45) is 0 Å². The van der Waals surface area contributed by atoms with Gasteiger partial charge in [0, 0.05) is 18.1 Å². The predicted octanol–water partition coefficient (Wildman–Crippen LogP) is 4.45. The zero-order valence-electron chi connectivity index (χ0n) is 14.4. The van der Waals surface area contributed by atoms with Gasteiger partial charge in [-0.3, -0.25) is 9.48 Å². The van der Waals surface area contributed by atoms with E-state index in [0.717, 1.165) is 17.7 Å². The Hall–Kier alpha value is -2.88. The quantitative estimate of drug-likeness (QED) is 0.694. The lowest BCUT2D eigenvalue weighted by molar-refractivity contribution is -0.118. The summed E-state index contributed by atoms with van der Waals surface area (Å²) < 4.78 is 1.68. The number of carbonyl (C=O) groups excluding carboxylic acids is 1. The van der Waals surface area contributed by atoms with Crippen LogP contribution >= 0.6 is 0 Å². The predicted molar refractivity (Wildman–Crippen MR) is 100 cm³/mol. The molecule has 128 valence electrons. The minimum absolute atomic E-state index is 0.101. The third-order valence-electron chi connectivity index (χ3n) is 4.19. The van der Waals surface area contributed by atoms with E-state index in [4.69, 9.17) is 0 Å². The van der Waals surface area contributed by atoms with E-state index in [1.807, 2.05) is 54.7 Å². The van der Waals surface area contributed by atoms with E-state index < -0.39 is 6.04 Å². The fourth-order valence-corrected chi connectivity index (χ4v) is 2.84. The summed E-state index contributed by atoms with van der Waals surface area (Å²) in [5.74, 6) is -0.101. The molecule has 1 amide bonds. The van der Waals surface area contributed by atoms with Gasteiger partial charge in [-0.25, -0.2) is 0 Å². The fraction of sp³-hybridized carbons (Fsp3) is 0.238. The number of anilines is 1. The van der Waals surface area contributed by atoms with Crippen molar-refractivity contribution in [2.45, 2.75) is 32.2 Å². The Labute approximate surface area is 148 Å². The van der Waals surface area contributed by atoms with Crippen molar-refractivity contribution in [1.29, 1.82) is 0 Å². The number of nitrogens with one attached hydrogen (secondary N) is 1. The molecule has 0 saturated carbocycles. The molecule has 1 N–H and O–H groups in total. The van der Waals surface area contributed by atoms with Crippen molar-refractivity contribution in [3.05, 3.63) is 84.2 Å². The zero-order valence-corrected chi connectivity index (χ0v) is 14.4. The number of hydrogen-bond acceptors (Lipinski definition) is 2. The molecule has 0 aliphatic heterocycles. The number of aromatic nitrogens is 2. The van der Waals surface area contributed by atoms with Gasteiger partial charge in [0.2, 0.25) is 0 Å². The summed E-state index contributed by atoms with van der Waals surface area (Å²) >= 11 is 0. The van der Waals surface area contributed by atoms with Crippen LogP contribution in [0.2, 0.25) is 0 Å². The molecule has 3 aromatic rings. The number of nitrogens with zero attached hydrogens (tertiary/aromatic N) is 2. The van der Waals surface area contributed by atoms with Gasteiger partial charge in [0.15, 0.2) is 6.04 Å². The largest absolute Gasteiger partial charge is 0.324 e. The molecule has 1 aromatic heterocycles. The second kappa shape index (κ2) is 8.29. The average Bonchev–Trinajstić information content (AvgIpc) is 3.16. The maximum atomic E-state index is 12.9. The first-order valence-electron chi connectivity index (χ1n) is 8.72. The summed E-state index contributed by atoms with van der Waals surface area (Å²) in [4.78, 5) is 12.9. The van der Waals surface area contributed by atoms with Gasteiger partial charge in [0.25, 0.3) is 5.91 Å². The van der Waals surface area contributed by atoms with Gasteiger partial charge in [0.1, 0.15) is 0 Å². The minimum Gasteiger partial charge on any atom is -0.324 e. The van der Waals surface area contributed by atoms with E-state index in [9.17, 15) is 4.79 Å². The van der Waals surface area contributed by atoms with Crippen LogP contribution in [0.3, 0.4) is 0 Å². The Balaban J connectivity index is 1.77. The van der Waals surface area contributed by atoms with Gasteiger partial charge in [0.05, 0.1) is 0 Å². The SMILES string of the molecule is CCCCc1ccc(NC(=O)[C@@H](c2ccccc2)n2cccn2)cc1. The van der Waals surface area contributed by atoms with Crippen LogP contribution in [0.1, 0.15) is 36.9 Å². The number of aryl methyl sites for hydroxylation is 1. The lowest BCUT2D eigenvalue weighted by atomic mass is 10.1. The number of amides is 1. The molecule has 3 rings (SSSR count). The van der Waals surface area contributed by atoms with Crippen LogP contribution in [-0.4, -0.2) is 15.7 Å². The molecule has 0 saturated heterocycles. The Bertz CT molecular complexity index is 780. The Morgan fingerprint density at radius 3 is 2.48 bits per heavy atom. The first-order chi connectivity index (χ1) is 12.3. The van der Waals surface area contributed by atoms with Crippen LogP contribution in [0.25, 0.3) is 0 Å². The molecule has 1 heterocycles. The number of benzene rings is 2. The highest BCUT2D eigenvalue weighted by Gasteiger charge is 2.22. The lowest BCUT2D eigenvalue weighted by Crippen LogP contribution is -2.27. The van der Waals surface area contributed by atoms with Crippen molar-refractivity contribution in [1.82, 2.24) is 9.78 Å². The molecule has 0 aliphatic carbocycles. The topological polar surface area (TPSA) is 46.9 Å². The highest BCUT2D eigenvalue weighted by Crippen LogP contribution is 2.20. The monoisotopic (exact) mass is 333 g/mol. The fourth-order valence-electron chi connectivity index (χ4n) is 2.84. The van der Waals surface area contributed by atoms with E-state index in [0.29, 0.717) is 0 Å². The van der Waals surface area contributed by atoms with E-state index in [1.54, 1.807) is 10.9 Å². The van der Waals surface area contributed by atoms with Gasteiger partial charge >= 0.3 is 0 Å². The standard InChI is InChI=1S/C21H23N3O/c1-2-3-8-17-11-13-19(14-12-17)23-21(25)20(24-16-7-15-22-24)18-9-5-4-6-10-18/h4-7,9-16,20H,2-3,8H2,1H3,(H,23,25)/t20-/m1/s1. The van der Waals surface area contributed by atoms with Gasteiger partial charge < -0.3 is 5.32 Å². The normalized spacial score (nSPS) is 11.9. The second-order valence-electron chi connectivity index (χ2n) is 6.09.